The Morgan fingerprint density at radius 3 is 2.50 bits per heavy atom. The number of hydrogen-bond acceptors (Lipinski definition) is 2. The van der Waals surface area contributed by atoms with Gasteiger partial charge < -0.3 is 10.6 Å². The zero-order valence-electron chi connectivity index (χ0n) is 12.3. The highest BCUT2D eigenvalue weighted by molar-refractivity contribution is 5.78. The van der Waals surface area contributed by atoms with Gasteiger partial charge in [-0.3, -0.25) is 4.79 Å². The summed E-state index contributed by atoms with van der Waals surface area (Å²) in [5, 5.41) is 6.54. The molecule has 1 aliphatic rings. The van der Waals surface area contributed by atoms with Crippen molar-refractivity contribution in [3.05, 3.63) is 0 Å². The normalized spacial score (nSPS) is 24.9. The molecule has 1 saturated carbocycles. The van der Waals surface area contributed by atoms with E-state index in [4.69, 9.17) is 0 Å². The Hall–Kier alpha value is -0.570. The highest BCUT2D eigenvalue weighted by Gasteiger charge is 2.20. The van der Waals surface area contributed by atoms with Crippen LogP contribution in [0.3, 0.4) is 0 Å². The van der Waals surface area contributed by atoms with E-state index >= 15 is 0 Å². The minimum atomic E-state index is 0.153. The Morgan fingerprint density at radius 1 is 1.17 bits per heavy atom. The zero-order valence-corrected chi connectivity index (χ0v) is 12.3. The third-order valence-electron chi connectivity index (χ3n) is 4.24. The van der Waals surface area contributed by atoms with Gasteiger partial charge in [0.2, 0.25) is 5.91 Å². The second-order valence-electron chi connectivity index (χ2n) is 5.68. The number of carbonyl (C=O) groups is 1. The van der Waals surface area contributed by atoms with E-state index in [-0.39, 0.29) is 5.91 Å². The summed E-state index contributed by atoms with van der Waals surface area (Å²) in [6.45, 7) is 7.03. The van der Waals surface area contributed by atoms with Crippen LogP contribution in [-0.2, 0) is 4.79 Å². The molecule has 0 bridgehead atoms. The maximum absolute atomic E-state index is 11.8. The monoisotopic (exact) mass is 254 g/mol. The first-order chi connectivity index (χ1) is 8.67. The quantitative estimate of drug-likeness (QED) is 0.716. The molecular formula is C15H30N2O. The van der Waals surface area contributed by atoms with E-state index in [9.17, 15) is 4.79 Å². The molecule has 2 atom stereocenters. The largest absolute Gasteiger partial charge is 0.352 e. The molecule has 1 fully saturated rings. The van der Waals surface area contributed by atoms with Crippen LogP contribution >= 0.6 is 0 Å². The molecule has 1 rings (SSSR count). The summed E-state index contributed by atoms with van der Waals surface area (Å²) in [5.41, 5.74) is 0. The van der Waals surface area contributed by atoms with Gasteiger partial charge in [0, 0.05) is 12.1 Å². The topological polar surface area (TPSA) is 41.1 Å². The zero-order chi connectivity index (χ0) is 13.4. The van der Waals surface area contributed by atoms with Gasteiger partial charge in [0.1, 0.15) is 0 Å². The van der Waals surface area contributed by atoms with Gasteiger partial charge in [-0.05, 0) is 31.6 Å². The van der Waals surface area contributed by atoms with Crippen molar-refractivity contribution < 1.29 is 4.79 Å². The smallest absolute Gasteiger partial charge is 0.234 e. The van der Waals surface area contributed by atoms with Gasteiger partial charge in [-0.15, -0.1) is 0 Å². The van der Waals surface area contributed by atoms with Crippen molar-refractivity contribution in [3.8, 4) is 0 Å². The molecule has 3 nitrogen and oxygen atoms in total. The Balaban J connectivity index is 2.27. The molecule has 0 radical (unpaired) electrons. The fraction of sp³-hybridized carbons (Fsp3) is 0.933. The molecule has 0 spiro atoms. The summed E-state index contributed by atoms with van der Waals surface area (Å²) in [4.78, 5) is 11.8. The fourth-order valence-electron chi connectivity index (χ4n) is 2.79. The van der Waals surface area contributed by atoms with Crippen molar-refractivity contribution in [1.82, 2.24) is 10.6 Å². The van der Waals surface area contributed by atoms with E-state index in [0.717, 1.165) is 12.8 Å². The molecule has 0 aromatic heterocycles. The summed E-state index contributed by atoms with van der Waals surface area (Å²) in [5.74, 6) is 0.855. The second kappa shape index (κ2) is 8.52. The van der Waals surface area contributed by atoms with E-state index in [1.807, 2.05) is 0 Å². The van der Waals surface area contributed by atoms with Crippen LogP contribution in [0.15, 0.2) is 0 Å². The molecule has 1 aliphatic carbocycles. The van der Waals surface area contributed by atoms with Crippen LogP contribution in [0.5, 0.6) is 0 Å². The first kappa shape index (κ1) is 15.5. The van der Waals surface area contributed by atoms with Crippen molar-refractivity contribution in [2.75, 3.05) is 6.54 Å². The first-order valence-corrected chi connectivity index (χ1v) is 7.70. The fourth-order valence-corrected chi connectivity index (χ4v) is 2.79. The van der Waals surface area contributed by atoms with Crippen LogP contribution in [0.1, 0.15) is 65.7 Å². The molecule has 106 valence electrons. The molecular weight excluding hydrogens is 224 g/mol. The Labute approximate surface area is 112 Å². The predicted octanol–water partition coefficient (Wildman–Crippen LogP) is 2.85. The van der Waals surface area contributed by atoms with Gasteiger partial charge in [0.05, 0.1) is 6.54 Å². The second-order valence-corrected chi connectivity index (χ2v) is 5.68. The minimum Gasteiger partial charge on any atom is -0.352 e. The van der Waals surface area contributed by atoms with Gasteiger partial charge in [-0.2, -0.15) is 0 Å². The molecule has 0 aromatic carbocycles. The van der Waals surface area contributed by atoms with E-state index in [0.29, 0.717) is 24.5 Å². The van der Waals surface area contributed by atoms with Crippen molar-refractivity contribution in [1.29, 1.82) is 0 Å². The molecule has 0 aromatic rings. The molecule has 0 heterocycles. The first-order valence-electron chi connectivity index (χ1n) is 7.70. The molecule has 3 heteroatoms. The lowest BCUT2D eigenvalue weighted by molar-refractivity contribution is -0.121. The molecule has 2 unspecified atom stereocenters. The van der Waals surface area contributed by atoms with E-state index < -0.39 is 0 Å². The standard InChI is InChI=1S/C15H30N2O/c1-4-13(5-2)17-15(18)11-16-14-10-8-6-7-9-12(14)3/h12-14,16H,4-11H2,1-3H3,(H,17,18). The van der Waals surface area contributed by atoms with Crippen molar-refractivity contribution in [2.45, 2.75) is 77.8 Å². The Kier molecular flexibility index (Phi) is 7.33. The summed E-state index contributed by atoms with van der Waals surface area (Å²) in [7, 11) is 0. The van der Waals surface area contributed by atoms with Crippen LogP contribution in [0.4, 0.5) is 0 Å². The molecule has 1 amide bonds. The highest BCUT2D eigenvalue weighted by atomic mass is 16.1. The van der Waals surface area contributed by atoms with Gasteiger partial charge in [-0.1, -0.05) is 40.0 Å². The summed E-state index contributed by atoms with van der Waals surface area (Å²) < 4.78 is 0. The lowest BCUT2D eigenvalue weighted by Crippen LogP contribution is -2.44. The Bertz CT molecular complexity index is 239. The number of rotatable bonds is 6. The van der Waals surface area contributed by atoms with Gasteiger partial charge in [0.15, 0.2) is 0 Å². The third kappa shape index (κ3) is 5.38. The lowest BCUT2D eigenvalue weighted by atomic mass is 9.97. The molecule has 2 N–H and O–H groups in total. The van der Waals surface area contributed by atoms with Crippen LogP contribution in [0, 0.1) is 5.92 Å². The molecule has 0 aliphatic heterocycles. The Morgan fingerprint density at radius 2 is 1.83 bits per heavy atom. The van der Waals surface area contributed by atoms with E-state index in [1.54, 1.807) is 0 Å². The van der Waals surface area contributed by atoms with Crippen molar-refractivity contribution in [2.24, 2.45) is 5.92 Å². The maximum Gasteiger partial charge on any atom is 0.234 e. The van der Waals surface area contributed by atoms with Crippen LogP contribution in [0.2, 0.25) is 0 Å². The van der Waals surface area contributed by atoms with E-state index in [1.165, 1.54) is 32.1 Å². The van der Waals surface area contributed by atoms with Crippen LogP contribution in [-0.4, -0.2) is 24.5 Å². The summed E-state index contributed by atoms with van der Waals surface area (Å²) in [6, 6.07) is 0.866. The summed E-state index contributed by atoms with van der Waals surface area (Å²) in [6.07, 6.45) is 8.55. The van der Waals surface area contributed by atoms with E-state index in [2.05, 4.69) is 31.4 Å². The maximum atomic E-state index is 11.8. The summed E-state index contributed by atoms with van der Waals surface area (Å²) >= 11 is 0. The SMILES string of the molecule is CCC(CC)NC(=O)CNC1CCCCCC1C. The number of nitrogens with one attached hydrogen (secondary N) is 2. The lowest BCUT2D eigenvalue weighted by Gasteiger charge is -2.23. The average molecular weight is 254 g/mol. The minimum absolute atomic E-state index is 0.153. The molecule has 18 heavy (non-hydrogen) atoms. The average Bonchev–Trinajstić information content (AvgIpc) is 2.58. The third-order valence-corrected chi connectivity index (χ3v) is 4.24. The van der Waals surface area contributed by atoms with Gasteiger partial charge in [-0.25, -0.2) is 0 Å². The number of hydrogen-bond donors (Lipinski definition) is 2. The van der Waals surface area contributed by atoms with Gasteiger partial charge in [0.25, 0.3) is 0 Å². The molecule has 0 saturated heterocycles. The van der Waals surface area contributed by atoms with Crippen molar-refractivity contribution in [3.63, 3.8) is 0 Å². The predicted molar refractivity (Wildman–Crippen MR) is 76.6 cm³/mol. The number of carbonyl (C=O) groups excluding carboxylic acids is 1. The van der Waals surface area contributed by atoms with Crippen molar-refractivity contribution >= 4 is 5.91 Å². The van der Waals surface area contributed by atoms with Crippen LogP contribution in [0.25, 0.3) is 0 Å². The number of amides is 1. The van der Waals surface area contributed by atoms with Crippen LogP contribution < -0.4 is 10.6 Å². The van der Waals surface area contributed by atoms with Gasteiger partial charge >= 0.3 is 0 Å². The highest BCUT2D eigenvalue weighted by Crippen LogP contribution is 2.22.